The molecule has 52 valence electrons. The summed E-state index contributed by atoms with van der Waals surface area (Å²) in [6.07, 6.45) is 3.51. The topological polar surface area (TPSA) is 61.0 Å². The first-order chi connectivity index (χ1) is 3.31. The molecule has 0 aliphatic heterocycles. The summed E-state index contributed by atoms with van der Waals surface area (Å²) in [6.45, 7) is 4.29. The van der Waals surface area contributed by atoms with Crippen molar-refractivity contribution in [2.24, 2.45) is 5.73 Å². The Morgan fingerprint density at radius 1 is 1.38 bits per heavy atom. The van der Waals surface area contributed by atoms with Crippen LogP contribution in [0.3, 0.4) is 0 Å². The molecular weight excluding hydrogens is 100 g/mol. The summed E-state index contributed by atoms with van der Waals surface area (Å²) in [6, 6.07) is 0.449. The Morgan fingerprint density at radius 2 is 1.88 bits per heavy atom. The molecule has 1 unspecified atom stereocenters. The van der Waals surface area contributed by atoms with Crippen molar-refractivity contribution in [2.75, 3.05) is 0 Å². The monoisotopic (exact) mass is 118 g/mol. The van der Waals surface area contributed by atoms with Gasteiger partial charge in [-0.05, 0) is 12.8 Å². The normalized spacial score (nSPS) is 12.4. The van der Waals surface area contributed by atoms with Gasteiger partial charge in [-0.3, -0.25) is 0 Å². The van der Waals surface area contributed by atoms with Gasteiger partial charge in [0, 0.05) is 6.04 Å². The highest BCUT2D eigenvalue weighted by Gasteiger charge is 1.92. The van der Waals surface area contributed by atoms with Crippen LogP contribution in [0.4, 0.5) is 0 Å². The minimum Gasteiger partial charge on any atom is -0.344 e. The molecule has 0 rings (SSSR count). The lowest BCUT2D eigenvalue weighted by molar-refractivity contribution is 0.587. The van der Waals surface area contributed by atoms with Crippen LogP contribution in [0.5, 0.6) is 0 Å². The highest BCUT2D eigenvalue weighted by Crippen LogP contribution is 1.95. The van der Waals surface area contributed by atoms with Crippen LogP contribution in [-0.2, 0) is 0 Å². The molecule has 2 nitrogen and oxygen atoms in total. The van der Waals surface area contributed by atoms with Gasteiger partial charge in [0.1, 0.15) is 0 Å². The third-order valence-corrected chi connectivity index (χ3v) is 1.18. The minimum atomic E-state index is 0. The van der Waals surface area contributed by atoms with Crippen molar-refractivity contribution >= 4 is 0 Å². The third-order valence-electron chi connectivity index (χ3n) is 1.18. The molecule has 0 saturated carbocycles. The van der Waals surface area contributed by atoms with E-state index in [1.54, 1.807) is 0 Å². The van der Waals surface area contributed by atoms with E-state index >= 15 is 0 Å². The third kappa shape index (κ3) is 5.92. The Bertz CT molecular complexity index is 37.5. The molecule has 0 aromatic carbocycles. The van der Waals surface area contributed by atoms with Crippen molar-refractivity contribution < 1.29 is 0 Å². The van der Waals surface area contributed by atoms with Crippen molar-refractivity contribution in [3.63, 3.8) is 0 Å². The number of hydrogen-bond acceptors (Lipinski definition) is 2. The van der Waals surface area contributed by atoms with Crippen molar-refractivity contribution in [1.82, 2.24) is 6.15 Å². The zero-order valence-corrected chi connectivity index (χ0v) is 5.98. The summed E-state index contributed by atoms with van der Waals surface area (Å²) < 4.78 is 0. The van der Waals surface area contributed by atoms with Crippen LogP contribution >= 0.6 is 0 Å². The summed E-state index contributed by atoms with van der Waals surface area (Å²) in [5.74, 6) is 0. The minimum absolute atomic E-state index is 0. The van der Waals surface area contributed by atoms with E-state index in [-0.39, 0.29) is 6.15 Å². The van der Waals surface area contributed by atoms with Gasteiger partial charge in [0.15, 0.2) is 0 Å². The molecule has 0 heterocycles. The fourth-order valence-corrected chi connectivity index (χ4v) is 0.575. The summed E-state index contributed by atoms with van der Waals surface area (Å²) in [5, 5.41) is 0. The van der Waals surface area contributed by atoms with Gasteiger partial charge in [0.2, 0.25) is 0 Å². The fourth-order valence-electron chi connectivity index (χ4n) is 0.575. The van der Waals surface area contributed by atoms with Crippen molar-refractivity contribution in [3.8, 4) is 0 Å². The number of rotatable bonds is 3. The predicted molar refractivity (Wildman–Crippen MR) is 38.2 cm³/mol. The Balaban J connectivity index is 0. The van der Waals surface area contributed by atoms with Gasteiger partial charge in [-0.25, -0.2) is 0 Å². The molecule has 0 radical (unpaired) electrons. The lowest BCUT2D eigenvalue weighted by Crippen LogP contribution is -2.17. The zero-order valence-electron chi connectivity index (χ0n) is 5.98. The zero-order chi connectivity index (χ0) is 5.70. The van der Waals surface area contributed by atoms with E-state index in [0.29, 0.717) is 6.04 Å². The van der Waals surface area contributed by atoms with Crippen LogP contribution < -0.4 is 11.9 Å². The molecule has 0 bridgehead atoms. The molecule has 8 heavy (non-hydrogen) atoms. The Kier molecular flexibility index (Phi) is 9.36. The van der Waals surface area contributed by atoms with E-state index in [9.17, 15) is 0 Å². The quantitative estimate of drug-likeness (QED) is 0.592. The van der Waals surface area contributed by atoms with Gasteiger partial charge in [-0.15, -0.1) is 0 Å². The first-order valence-electron chi connectivity index (χ1n) is 3.06. The van der Waals surface area contributed by atoms with Gasteiger partial charge < -0.3 is 11.9 Å². The lowest BCUT2D eigenvalue weighted by Gasteiger charge is -2.03. The van der Waals surface area contributed by atoms with Crippen LogP contribution in [0.2, 0.25) is 0 Å². The molecule has 0 saturated heterocycles. The molecule has 2 heteroatoms. The van der Waals surface area contributed by atoms with E-state index in [1.807, 2.05) is 0 Å². The van der Waals surface area contributed by atoms with E-state index in [4.69, 9.17) is 5.73 Å². The smallest absolute Gasteiger partial charge is 0.00361 e. The number of hydrogen-bond donors (Lipinski definition) is 2. The van der Waals surface area contributed by atoms with Gasteiger partial charge in [0.25, 0.3) is 0 Å². The Morgan fingerprint density at radius 3 is 2.00 bits per heavy atom. The maximum Gasteiger partial charge on any atom is 0.00361 e. The molecule has 5 N–H and O–H groups in total. The molecule has 0 aliphatic carbocycles. The standard InChI is InChI=1S/C6H15N.H3N/c1-3-5-6(7)4-2;/h6H,3-5,7H2,1-2H3;1H3. The van der Waals surface area contributed by atoms with Crippen LogP contribution in [0, 0.1) is 0 Å². The maximum atomic E-state index is 5.58. The Hall–Kier alpha value is -0.0800. The van der Waals surface area contributed by atoms with Crippen LogP contribution in [0.1, 0.15) is 33.1 Å². The SMILES string of the molecule is CCCC(N)CC.N. The summed E-state index contributed by atoms with van der Waals surface area (Å²) >= 11 is 0. The van der Waals surface area contributed by atoms with Crippen LogP contribution in [-0.4, -0.2) is 6.04 Å². The molecule has 0 aromatic heterocycles. The van der Waals surface area contributed by atoms with Crippen molar-refractivity contribution in [3.05, 3.63) is 0 Å². The molecule has 0 aromatic rings. The average molecular weight is 118 g/mol. The molecule has 1 atom stereocenters. The van der Waals surface area contributed by atoms with E-state index < -0.39 is 0 Å². The summed E-state index contributed by atoms with van der Waals surface area (Å²) in [4.78, 5) is 0. The van der Waals surface area contributed by atoms with E-state index in [1.165, 1.54) is 12.8 Å². The summed E-state index contributed by atoms with van der Waals surface area (Å²) in [5.41, 5.74) is 5.58. The molecule has 0 amide bonds. The van der Waals surface area contributed by atoms with Gasteiger partial charge >= 0.3 is 0 Å². The average Bonchev–Trinajstić information content (AvgIpc) is 1.68. The second-order valence-electron chi connectivity index (χ2n) is 1.96. The highest BCUT2D eigenvalue weighted by atomic mass is 14.6. The molecule has 0 spiro atoms. The van der Waals surface area contributed by atoms with Gasteiger partial charge in [0.05, 0.1) is 0 Å². The molecular formula is C6H18N2. The van der Waals surface area contributed by atoms with E-state index in [2.05, 4.69) is 13.8 Å². The number of nitrogens with two attached hydrogens (primary N) is 1. The highest BCUT2D eigenvalue weighted by molar-refractivity contribution is 4.54. The van der Waals surface area contributed by atoms with Gasteiger partial charge in [-0.2, -0.15) is 0 Å². The molecule has 0 fully saturated rings. The van der Waals surface area contributed by atoms with Crippen molar-refractivity contribution in [1.29, 1.82) is 0 Å². The predicted octanol–water partition coefficient (Wildman–Crippen LogP) is 1.69. The van der Waals surface area contributed by atoms with Crippen molar-refractivity contribution in [2.45, 2.75) is 39.2 Å². The fraction of sp³-hybridized carbons (Fsp3) is 1.00. The van der Waals surface area contributed by atoms with Crippen LogP contribution in [0.15, 0.2) is 0 Å². The maximum absolute atomic E-state index is 5.58. The largest absolute Gasteiger partial charge is 0.344 e. The van der Waals surface area contributed by atoms with Gasteiger partial charge in [-0.1, -0.05) is 20.3 Å². The second-order valence-corrected chi connectivity index (χ2v) is 1.96. The Labute approximate surface area is 52.0 Å². The first kappa shape index (κ1) is 10.8. The lowest BCUT2D eigenvalue weighted by atomic mass is 10.1. The molecule has 0 aliphatic rings. The first-order valence-corrected chi connectivity index (χ1v) is 3.06. The van der Waals surface area contributed by atoms with E-state index in [0.717, 1.165) is 6.42 Å². The second kappa shape index (κ2) is 6.92. The van der Waals surface area contributed by atoms with Crippen LogP contribution in [0.25, 0.3) is 0 Å². The summed E-state index contributed by atoms with van der Waals surface area (Å²) in [7, 11) is 0.